The molecule has 0 aromatic carbocycles. The predicted octanol–water partition coefficient (Wildman–Crippen LogP) is 1.44. The Labute approximate surface area is 93.3 Å². The highest BCUT2D eigenvalue weighted by Gasteiger charge is 2.14. The number of H-pyrrole nitrogens is 1. The van der Waals surface area contributed by atoms with Crippen LogP contribution in [-0.4, -0.2) is 20.4 Å². The van der Waals surface area contributed by atoms with E-state index in [0.717, 1.165) is 10.2 Å². The first kappa shape index (κ1) is 9.29. The maximum atomic E-state index is 11.6. The number of carbonyl (C=O) groups is 1. The molecule has 0 radical (unpaired) electrons. The Morgan fingerprint density at radius 3 is 3.06 bits per heavy atom. The van der Waals surface area contributed by atoms with Crippen LogP contribution >= 0.6 is 11.3 Å². The molecule has 5 nitrogen and oxygen atoms in total. The molecule has 3 aromatic heterocycles. The first-order valence-electron chi connectivity index (χ1n) is 4.67. The van der Waals surface area contributed by atoms with Crippen molar-refractivity contribution >= 4 is 32.9 Å². The molecule has 3 heterocycles. The Kier molecular flexibility index (Phi) is 1.75. The third-order valence-corrected chi connectivity index (χ3v) is 3.30. The Morgan fingerprint density at radius 1 is 1.50 bits per heavy atom. The fourth-order valence-corrected chi connectivity index (χ4v) is 2.57. The van der Waals surface area contributed by atoms with Gasteiger partial charge in [-0.15, -0.1) is 11.3 Å². The molecule has 6 heteroatoms. The zero-order chi connectivity index (χ0) is 11.3. The number of nitrogens with one attached hydrogen (secondary N) is 1. The van der Waals surface area contributed by atoms with Gasteiger partial charge in [0.05, 0.1) is 10.2 Å². The first-order valence-corrected chi connectivity index (χ1v) is 5.55. The largest absolute Gasteiger partial charge is 0.291 e. The average molecular weight is 233 g/mol. The summed E-state index contributed by atoms with van der Waals surface area (Å²) in [4.78, 5) is 23.0. The standard InChI is InChI=1S/C10H7N3O2S/c1-5(14)9-11-12-10(15)7-4-8-6(13(7)9)2-3-16-8/h2-4H,1H3,(H,12,15). The quantitative estimate of drug-likeness (QED) is 0.647. The number of fused-ring (bicyclic) bond motifs is 3. The van der Waals surface area contributed by atoms with E-state index in [2.05, 4.69) is 10.2 Å². The normalized spacial score (nSPS) is 11.3. The van der Waals surface area contributed by atoms with Crippen LogP contribution in [0, 0.1) is 0 Å². The molecule has 80 valence electrons. The molecule has 0 aliphatic rings. The summed E-state index contributed by atoms with van der Waals surface area (Å²) >= 11 is 1.53. The van der Waals surface area contributed by atoms with Gasteiger partial charge in [-0.3, -0.25) is 14.0 Å². The lowest BCUT2D eigenvalue weighted by Crippen LogP contribution is -2.17. The number of aromatic nitrogens is 3. The zero-order valence-electron chi connectivity index (χ0n) is 8.35. The summed E-state index contributed by atoms with van der Waals surface area (Å²) in [5.41, 5.74) is 1.03. The molecule has 0 atom stereocenters. The van der Waals surface area contributed by atoms with Gasteiger partial charge in [0, 0.05) is 6.92 Å². The molecule has 0 saturated heterocycles. The topological polar surface area (TPSA) is 67.2 Å². The Morgan fingerprint density at radius 2 is 2.31 bits per heavy atom. The highest BCUT2D eigenvalue weighted by molar-refractivity contribution is 7.17. The lowest BCUT2D eigenvalue weighted by Gasteiger charge is -2.00. The van der Waals surface area contributed by atoms with Gasteiger partial charge in [0.15, 0.2) is 5.78 Å². The van der Waals surface area contributed by atoms with Gasteiger partial charge in [0.2, 0.25) is 5.82 Å². The SMILES string of the molecule is CC(=O)c1n[nH]c(=O)c2cc3sccc3n12. The van der Waals surface area contributed by atoms with E-state index in [9.17, 15) is 9.59 Å². The van der Waals surface area contributed by atoms with Gasteiger partial charge in [-0.1, -0.05) is 0 Å². The number of nitrogens with zero attached hydrogens (tertiary/aromatic N) is 2. The highest BCUT2D eigenvalue weighted by atomic mass is 32.1. The van der Waals surface area contributed by atoms with E-state index in [-0.39, 0.29) is 17.2 Å². The number of carbonyl (C=O) groups excluding carboxylic acids is 1. The second-order valence-electron chi connectivity index (χ2n) is 3.47. The molecule has 0 spiro atoms. The lowest BCUT2D eigenvalue weighted by molar-refractivity contribution is 0.100. The molecular weight excluding hydrogens is 226 g/mol. The van der Waals surface area contributed by atoms with E-state index in [1.165, 1.54) is 18.3 Å². The Hall–Kier alpha value is -1.95. The Bertz CT molecular complexity index is 765. The maximum Gasteiger partial charge on any atom is 0.288 e. The van der Waals surface area contributed by atoms with Crippen molar-refractivity contribution in [3.63, 3.8) is 0 Å². The molecule has 0 aliphatic heterocycles. The predicted molar refractivity (Wildman–Crippen MR) is 61.2 cm³/mol. The summed E-state index contributed by atoms with van der Waals surface area (Å²) in [5.74, 6) is 0.0768. The number of rotatable bonds is 1. The van der Waals surface area contributed by atoms with E-state index >= 15 is 0 Å². The van der Waals surface area contributed by atoms with Crippen LogP contribution in [0.2, 0.25) is 0 Å². The number of Topliss-reactive ketones (excluding diaryl/α,β-unsaturated/α-hetero) is 1. The van der Waals surface area contributed by atoms with Gasteiger partial charge in [-0.2, -0.15) is 5.10 Å². The Balaban J connectivity index is 2.65. The van der Waals surface area contributed by atoms with E-state index in [4.69, 9.17) is 0 Å². The van der Waals surface area contributed by atoms with Crippen LogP contribution in [-0.2, 0) is 0 Å². The average Bonchev–Trinajstić information content (AvgIpc) is 2.78. The fraction of sp³-hybridized carbons (Fsp3) is 0.100. The van der Waals surface area contributed by atoms with E-state index in [1.54, 1.807) is 10.5 Å². The third-order valence-electron chi connectivity index (χ3n) is 2.45. The van der Waals surface area contributed by atoms with E-state index in [0.29, 0.717) is 5.52 Å². The summed E-state index contributed by atoms with van der Waals surface area (Å²) < 4.78 is 2.58. The molecule has 3 rings (SSSR count). The van der Waals surface area contributed by atoms with Crippen LogP contribution < -0.4 is 5.56 Å². The number of aromatic amines is 1. The summed E-state index contributed by atoms with van der Waals surface area (Å²) in [6.45, 7) is 1.43. The van der Waals surface area contributed by atoms with Crippen molar-refractivity contribution in [1.29, 1.82) is 0 Å². The van der Waals surface area contributed by atoms with E-state index < -0.39 is 0 Å². The smallest absolute Gasteiger partial charge is 0.288 e. The second kappa shape index (κ2) is 3.02. The molecule has 16 heavy (non-hydrogen) atoms. The minimum absolute atomic E-state index is 0.176. The summed E-state index contributed by atoms with van der Waals surface area (Å²) in [6.07, 6.45) is 0. The van der Waals surface area contributed by atoms with Crippen molar-refractivity contribution in [2.24, 2.45) is 0 Å². The second-order valence-corrected chi connectivity index (χ2v) is 4.42. The number of thiophene rings is 1. The molecule has 0 fully saturated rings. The zero-order valence-corrected chi connectivity index (χ0v) is 9.17. The van der Waals surface area contributed by atoms with Crippen molar-refractivity contribution in [2.75, 3.05) is 0 Å². The van der Waals surface area contributed by atoms with Crippen molar-refractivity contribution in [3.05, 3.63) is 33.7 Å². The number of ketones is 1. The summed E-state index contributed by atoms with van der Waals surface area (Å²) in [7, 11) is 0. The molecule has 1 N–H and O–H groups in total. The number of hydrogen-bond donors (Lipinski definition) is 1. The van der Waals surface area contributed by atoms with Crippen molar-refractivity contribution in [2.45, 2.75) is 6.92 Å². The summed E-state index contributed by atoms with van der Waals surface area (Å²) in [6, 6.07) is 3.65. The molecule has 0 saturated carbocycles. The minimum Gasteiger partial charge on any atom is -0.291 e. The van der Waals surface area contributed by atoms with Crippen molar-refractivity contribution < 1.29 is 4.79 Å². The van der Waals surface area contributed by atoms with Crippen LogP contribution in [0.3, 0.4) is 0 Å². The van der Waals surface area contributed by atoms with Crippen LogP contribution in [0.25, 0.3) is 15.7 Å². The monoisotopic (exact) mass is 233 g/mol. The van der Waals surface area contributed by atoms with Gasteiger partial charge in [-0.25, -0.2) is 5.10 Å². The molecule has 0 bridgehead atoms. The van der Waals surface area contributed by atoms with Crippen LogP contribution in [0.15, 0.2) is 22.3 Å². The van der Waals surface area contributed by atoms with Crippen LogP contribution in [0.1, 0.15) is 17.5 Å². The maximum absolute atomic E-state index is 11.6. The van der Waals surface area contributed by atoms with E-state index in [1.807, 2.05) is 11.4 Å². The molecule has 3 aromatic rings. The molecule has 0 unspecified atom stereocenters. The van der Waals surface area contributed by atoms with Crippen molar-refractivity contribution in [3.8, 4) is 0 Å². The fourth-order valence-electron chi connectivity index (χ4n) is 1.77. The summed E-state index contributed by atoms with van der Waals surface area (Å²) in [5, 5.41) is 8.04. The lowest BCUT2D eigenvalue weighted by atomic mass is 10.4. The van der Waals surface area contributed by atoms with Crippen molar-refractivity contribution in [1.82, 2.24) is 14.6 Å². The van der Waals surface area contributed by atoms with Gasteiger partial charge < -0.3 is 0 Å². The minimum atomic E-state index is -0.284. The third kappa shape index (κ3) is 1.07. The van der Waals surface area contributed by atoms with Crippen LogP contribution in [0.5, 0.6) is 0 Å². The van der Waals surface area contributed by atoms with Gasteiger partial charge in [0.25, 0.3) is 5.56 Å². The molecule has 0 aliphatic carbocycles. The van der Waals surface area contributed by atoms with Gasteiger partial charge in [-0.05, 0) is 17.5 Å². The van der Waals surface area contributed by atoms with Gasteiger partial charge in [0.1, 0.15) is 5.52 Å². The first-order chi connectivity index (χ1) is 7.68. The number of hydrogen-bond acceptors (Lipinski definition) is 4. The van der Waals surface area contributed by atoms with Gasteiger partial charge >= 0.3 is 0 Å². The highest BCUT2D eigenvalue weighted by Crippen LogP contribution is 2.24. The molecular formula is C10H7N3O2S. The molecule has 0 amide bonds. The van der Waals surface area contributed by atoms with Crippen LogP contribution in [0.4, 0.5) is 0 Å².